The highest BCUT2D eigenvalue weighted by atomic mass is 79.9. The van der Waals surface area contributed by atoms with E-state index in [1.807, 2.05) is 48.5 Å². The molecular formula is C16H16BrNO2. The van der Waals surface area contributed by atoms with Crippen LogP contribution < -0.4 is 10.1 Å². The minimum Gasteiger partial charge on any atom is -0.497 e. The van der Waals surface area contributed by atoms with Crippen LogP contribution in [0.25, 0.3) is 0 Å². The molecule has 0 aliphatic carbocycles. The second-order valence-corrected chi connectivity index (χ2v) is 5.23. The summed E-state index contributed by atoms with van der Waals surface area (Å²) < 4.78 is 5.99. The molecule has 0 bridgehead atoms. The van der Waals surface area contributed by atoms with Crippen molar-refractivity contribution < 1.29 is 9.53 Å². The van der Waals surface area contributed by atoms with Crippen molar-refractivity contribution in [3.63, 3.8) is 0 Å². The number of carbonyl (C=O) groups excluding carboxylic acids is 1. The maximum atomic E-state index is 11.9. The Hall–Kier alpha value is -1.81. The van der Waals surface area contributed by atoms with Crippen LogP contribution in [0, 0.1) is 0 Å². The maximum Gasteiger partial charge on any atom is 0.224 e. The van der Waals surface area contributed by atoms with E-state index in [2.05, 4.69) is 21.2 Å². The Morgan fingerprint density at radius 2 is 1.85 bits per heavy atom. The van der Waals surface area contributed by atoms with Gasteiger partial charge in [-0.05, 0) is 52.2 Å². The van der Waals surface area contributed by atoms with E-state index >= 15 is 0 Å². The zero-order valence-corrected chi connectivity index (χ0v) is 12.8. The first-order valence-electron chi connectivity index (χ1n) is 6.36. The second-order valence-electron chi connectivity index (χ2n) is 4.38. The number of hydrogen-bond acceptors (Lipinski definition) is 2. The molecule has 0 unspecified atom stereocenters. The summed E-state index contributed by atoms with van der Waals surface area (Å²) in [5, 5.41) is 2.89. The molecule has 0 aromatic heterocycles. The number of anilines is 1. The Morgan fingerprint density at radius 3 is 2.50 bits per heavy atom. The molecule has 2 aromatic rings. The number of carbonyl (C=O) groups is 1. The number of hydrogen-bond donors (Lipinski definition) is 1. The van der Waals surface area contributed by atoms with Gasteiger partial charge in [0.1, 0.15) is 5.75 Å². The average Bonchev–Trinajstić information content (AvgIpc) is 2.48. The van der Waals surface area contributed by atoms with Gasteiger partial charge in [-0.2, -0.15) is 0 Å². The monoisotopic (exact) mass is 333 g/mol. The molecule has 0 heterocycles. The molecule has 0 radical (unpaired) electrons. The largest absolute Gasteiger partial charge is 0.497 e. The third-order valence-corrected chi connectivity index (χ3v) is 3.64. The van der Waals surface area contributed by atoms with Gasteiger partial charge in [0.15, 0.2) is 0 Å². The van der Waals surface area contributed by atoms with Gasteiger partial charge >= 0.3 is 0 Å². The third kappa shape index (κ3) is 4.10. The predicted octanol–water partition coefficient (Wildman–Crippen LogP) is 4.03. The highest BCUT2D eigenvalue weighted by molar-refractivity contribution is 9.10. The smallest absolute Gasteiger partial charge is 0.224 e. The van der Waals surface area contributed by atoms with Crippen molar-refractivity contribution in [3.8, 4) is 5.75 Å². The minimum atomic E-state index is 0.00715. The second kappa shape index (κ2) is 7.10. The number of benzene rings is 2. The molecule has 1 N–H and O–H groups in total. The lowest BCUT2D eigenvalue weighted by molar-refractivity contribution is -0.116. The van der Waals surface area contributed by atoms with Crippen molar-refractivity contribution >= 4 is 27.5 Å². The van der Waals surface area contributed by atoms with Crippen LogP contribution >= 0.6 is 15.9 Å². The molecule has 1 amide bonds. The van der Waals surface area contributed by atoms with E-state index in [4.69, 9.17) is 4.74 Å². The molecule has 0 saturated carbocycles. The molecule has 2 rings (SSSR count). The number of nitrogens with one attached hydrogen (secondary N) is 1. The summed E-state index contributed by atoms with van der Waals surface area (Å²) in [6.07, 6.45) is 1.16. The molecule has 2 aromatic carbocycles. The summed E-state index contributed by atoms with van der Waals surface area (Å²) in [5.41, 5.74) is 1.92. The first-order valence-corrected chi connectivity index (χ1v) is 7.15. The average molecular weight is 334 g/mol. The number of para-hydroxylation sites is 1. The van der Waals surface area contributed by atoms with E-state index in [9.17, 15) is 4.79 Å². The number of methoxy groups -OCH3 is 1. The van der Waals surface area contributed by atoms with Crippen LogP contribution in [0.1, 0.15) is 12.0 Å². The normalized spacial score (nSPS) is 10.1. The first-order chi connectivity index (χ1) is 9.69. The number of amides is 1. The zero-order valence-electron chi connectivity index (χ0n) is 11.2. The van der Waals surface area contributed by atoms with Gasteiger partial charge in [-0.15, -0.1) is 0 Å². The summed E-state index contributed by atoms with van der Waals surface area (Å²) in [6.45, 7) is 0. The van der Waals surface area contributed by atoms with Crippen LogP contribution in [0.3, 0.4) is 0 Å². The van der Waals surface area contributed by atoms with Gasteiger partial charge in [-0.25, -0.2) is 0 Å². The predicted molar refractivity (Wildman–Crippen MR) is 84.1 cm³/mol. The number of ether oxygens (including phenoxy) is 1. The van der Waals surface area contributed by atoms with E-state index in [1.165, 1.54) is 0 Å². The van der Waals surface area contributed by atoms with Crippen molar-refractivity contribution in [2.75, 3.05) is 12.4 Å². The van der Waals surface area contributed by atoms with Crippen molar-refractivity contribution in [1.82, 2.24) is 0 Å². The minimum absolute atomic E-state index is 0.00715. The highest BCUT2D eigenvalue weighted by Gasteiger charge is 2.05. The molecule has 0 fully saturated rings. The SMILES string of the molecule is COc1ccc(CCC(=O)Nc2ccccc2Br)cc1. The third-order valence-electron chi connectivity index (χ3n) is 2.95. The molecule has 0 aliphatic rings. The summed E-state index contributed by atoms with van der Waals surface area (Å²) in [7, 11) is 1.64. The zero-order chi connectivity index (χ0) is 14.4. The van der Waals surface area contributed by atoms with E-state index in [1.54, 1.807) is 7.11 Å². The molecule has 0 aliphatic heterocycles. The fourth-order valence-electron chi connectivity index (χ4n) is 1.83. The van der Waals surface area contributed by atoms with Gasteiger partial charge in [0, 0.05) is 10.9 Å². The fourth-order valence-corrected chi connectivity index (χ4v) is 2.21. The molecule has 3 nitrogen and oxygen atoms in total. The summed E-state index contributed by atoms with van der Waals surface area (Å²) in [6, 6.07) is 15.3. The number of halogens is 1. The quantitative estimate of drug-likeness (QED) is 0.897. The van der Waals surface area contributed by atoms with Crippen molar-refractivity contribution in [2.45, 2.75) is 12.8 Å². The van der Waals surface area contributed by atoms with E-state index in [0.717, 1.165) is 21.5 Å². The lowest BCUT2D eigenvalue weighted by atomic mass is 10.1. The van der Waals surface area contributed by atoms with Gasteiger partial charge in [0.05, 0.1) is 12.8 Å². The summed E-state index contributed by atoms with van der Waals surface area (Å²) >= 11 is 3.41. The van der Waals surface area contributed by atoms with Crippen LogP contribution in [0.2, 0.25) is 0 Å². The van der Waals surface area contributed by atoms with Gasteiger partial charge in [-0.3, -0.25) is 4.79 Å². The highest BCUT2D eigenvalue weighted by Crippen LogP contribution is 2.21. The first kappa shape index (κ1) is 14.6. The van der Waals surface area contributed by atoms with Crippen LogP contribution in [-0.4, -0.2) is 13.0 Å². The van der Waals surface area contributed by atoms with Crippen LogP contribution in [-0.2, 0) is 11.2 Å². The van der Waals surface area contributed by atoms with Crippen LogP contribution in [0.15, 0.2) is 53.0 Å². The molecule has 20 heavy (non-hydrogen) atoms. The van der Waals surface area contributed by atoms with E-state index < -0.39 is 0 Å². The lowest BCUT2D eigenvalue weighted by Crippen LogP contribution is -2.12. The Balaban J connectivity index is 1.87. The number of rotatable bonds is 5. The van der Waals surface area contributed by atoms with Crippen molar-refractivity contribution in [1.29, 1.82) is 0 Å². The molecule has 104 valence electrons. The Morgan fingerprint density at radius 1 is 1.15 bits per heavy atom. The van der Waals surface area contributed by atoms with Gasteiger partial charge in [-0.1, -0.05) is 24.3 Å². The standard InChI is InChI=1S/C16H16BrNO2/c1-20-13-9-6-12(7-10-13)8-11-16(19)18-15-5-3-2-4-14(15)17/h2-7,9-10H,8,11H2,1H3,(H,18,19). The molecule has 0 spiro atoms. The number of aryl methyl sites for hydroxylation is 1. The Kier molecular flexibility index (Phi) is 5.18. The maximum absolute atomic E-state index is 11.9. The van der Waals surface area contributed by atoms with Crippen molar-refractivity contribution in [3.05, 3.63) is 58.6 Å². The topological polar surface area (TPSA) is 38.3 Å². The molecule has 4 heteroatoms. The van der Waals surface area contributed by atoms with Crippen LogP contribution in [0.5, 0.6) is 5.75 Å². The van der Waals surface area contributed by atoms with Crippen molar-refractivity contribution in [2.24, 2.45) is 0 Å². The van der Waals surface area contributed by atoms with Gasteiger partial charge in [0.25, 0.3) is 0 Å². The lowest BCUT2D eigenvalue weighted by Gasteiger charge is -2.07. The van der Waals surface area contributed by atoms with Gasteiger partial charge < -0.3 is 10.1 Å². The molecule has 0 atom stereocenters. The van der Waals surface area contributed by atoms with Crippen LogP contribution in [0.4, 0.5) is 5.69 Å². The molecular weight excluding hydrogens is 318 g/mol. The fraction of sp³-hybridized carbons (Fsp3) is 0.188. The van der Waals surface area contributed by atoms with E-state index in [0.29, 0.717) is 12.8 Å². The van der Waals surface area contributed by atoms with Gasteiger partial charge in [0.2, 0.25) is 5.91 Å². The molecule has 0 saturated heterocycles. The summed E-state index contributed by atoms with van der Waals surface area (Å²) in [4.78, 5) is 11.9. The summed E-state index contributed by atoms with van der Waals surface area (Å²) in [5.74, 6) is 0.833. The Bertz CT molecular complexity index is 581. The Labute approximate surface area is 127 Å². The van der Waals surface area contributed by atoms with E-state index in [-0.39, 0.29) is 5.91 Å².